The first-order valence-corrected chi connectivity index (χ1v) is 7.90. The summed E-state index contributed by atoms with van der Waals surface area (Å²) < 4.78 is 16.2. The standard InChI is InChI=1S/C21H15NO4/c22-14-16-6-4-5-9-20(16)24-15-21(23)26-19-12-10-18(11-13-19)25-17-7-2-1-3-8-17/h1-13H,15H2. The molecule has 0 saturated carbocycles. The second kappa shape index (κ2) is 8.36. The predicted molar refractivity (Wildman–Crippen MR) is 95.2 cm³/mol. The zero-order valence-corrected chi connectivity index (χ0v) is 13.8. The van der Waals surface area contributed by atoms with E-state index in [4.69, 9.17) is 19.5 Å². The number of hydrogen-bond acceptors (Lipinski definition) is 5. The first-order valence-electron chi connectivity index (χ1n) is 7.90. The van der Waals surface area contributed by atoms with Crippen molar-refractivity contribution in [2.24, 2.45) is 0 Å². The van der Waals surface area contributed by atoms with Crippen LogP contribution in [0.1, 0.15) is 5.56 Å². The van der Waals surface area contributed by atoms with Crippen molar-refractivity contribution in [1.82, 2.24) is 0 Å². The van der Waals surface area contributed by atoms with Crippen molar-refractivity contribution < 1.29 is 19.0 Å². The number of hydrogen-bond donors (Lipinski definition) is 0. The molecule has 0 spiro atoms. The highest BCUT2D eigenvalue weighted by Crippen LogP contribution is 2.23. The fourth-order valence-electron chi connectivity index (χ4n) is 2.18. The van der Waals surface area contributed by atoms with E-state index in [9.17, 15) is 4.79 Å². The molecule has 0 amide bonds. The van der Waals surface area contributed by atoms with Crippen LogP contribution in [0.5, 0.6) is 23.0 Å². The summed E-state index contributed by atoms with van der Waals surface area (Å²) >= 11 is 0. The Morgan fingerprint density at radius 1 is 0.808 bits per heavy atom. The van der Waals surface area contributed by atoms with Crippen LogP contribution in [0.15, 0.2) is 78.9 Å². The molecule has 5 nitrogen and oxygen atoms in total. The van der Waals surface area contributed by atoms with E-state index < -0.39 is 5.97 Å². The zero-order chi connectivity index (χ0) is 18.2. The van der Waals surface area contributed by atoms with Crippen molar-refractivity contribution in [3.05, 3.63) is 84.4 Å². The number of nitrogens with zero attached hydrogens (tertiary/aromatic N) is 1. The van der Waals surface area contributed by atoms with Crippen molar-refractivity contribution in [1.29, 1.82) is 5.26 Å². The fraction of sp³-hybridized carbons (Fsp3) is 0.0476. The van der Waals surface area contributed by atoms with E-state index in [1.165, 1.54) is 0 Å². The van der Waals surface area contributed by atoms with E-state index >= 15 is 0 Å². The van der Waals surface area contributed by atoms with Crippen LogP contribution in [0.3, 0.4) is 0 Å². The number of ether oxygens (including phenoxy) is 3. The predicted octanol–water partition coefficient (Wildman–Crippen LogP) is 4.33. The van der Waals surface area contributed by atoms with E-state index in [1.807, 2.05) is 36.4 Å². The number of esters is 1. The zero-order valence-electron chi connectivity index (χ0n) is 13.8. The molecule has 0 saturated heterocycles. The Morgan fingerprint density at radius 2 is 1.42 bits per heavy atom. The Balaban J connectivity index is 1.54. The van der Waals surface area contributed by atoms with Crippen LogP contribution >= 0.6 is 0 Å². The Kier molecular flexibility index (Phi) is 5.48. The molecular formula is C21H15NO4. The Hall–Kier alpha value is -3.78. The highest BCUT2D eigenvalue weighted by Gasteiger charge is 2.09. The maximum atomic E-state index is 11.9. The SMILES string of the molecule is N#Cc1ccccc1OCC(=O)Oc1ccc(Oc2ccccc2)cc1. The Labute approximate surface area is 151 Å². The summed E-state index contributed by atoms with van der Waals surface area (Å²) in [6.07, 6.45) is 0. The number of nitriles is 1. The van der Waals surface area contributed by atoms with Gasteiger partial charge in [0, 0.05) is 0 Å². The van der Waals surface area contributed by atoms with Gasteiger partial charge < -0.3 is 14.2 Å². The second-order valence-corrected chi connectivity index (χ2v) is 5.26. The molecule has 0 aliphatic rings. The first-order chi connectivity index (χ1) is 12.7. The Morgan fingerprint density at radius 3 is 2.15 bits per heavy atom. The second-order valence-electron chi connectivity index (χ2n) is 5.26. The molecule has 0 radical (unpaired) electrons. The lowest BCUT2D eigenvalue weighted by molar-refractivity contribution is -0.136. The number of benzene rings is 3. The van der Waals surface area contributed by atoms with Crippen molar-refractivity contribution in [2.75, 3.05) is 6.61 Å². The highest BCUT2D eigenvalue weighted by atomic mass is 16.6. The molecule has 128 valence electrons. The van der Waals surface area contributed by atoms with E-state index in [2.05, 4.69) is 0 Å². The molecule has 0 aromatic heterocycles. The lowest BCUT2D eigenvalue weighted by Gasteiger charge is -2.09. The van der Waals surface area contributed by atoms with Gasteiger partial charge >= 0.3 is 5.97 Å². The van der Waals surface area contributed by atoms with Crippen molar-refractivity contribution in [3.63, 3.8) is 0 Å². The average Bonchev–Trinajstić information content (AvgIpc) is 2.69. The quantitative estimate of drug-likeness (QED) is 0.491. The first kappa shape index (κ1) is 17.1. The summed E-state index contributed by atoms with van der Waals surface area (Å²) in [7, 11) is 0. The fourth-order valence-corrected chi connectivity index (χ4v) is 2.18. The molecule has 0 bridgehead atoms. The molecule has 5 heteroatoms. The molecule has 3 aromatic rings. The summed E-state index contributed by atoms with van der Waals surface area (Å²) in [6.45, 7) is -0.291. The molecule has 3 aromatic carbocycles. The largest absolute Gasteiger partial charge is 0.481 e. The third-order valence-corrected chi connectivity index (χ3v) is 3.39. The minimum absolute atomic E-state index is 0.291. The molecule has 0 unspecified atom stereocenters. The van der Waals surface area contributed by atoms with Gasteiger partial charge in [-0.25, -0.2) is 4.79 Å². The molecule has 26 heavy (non-hydrogen) atoms. The average molecular weight is 345 g/mol. The van der Waals surface area contributed by atoms with Gasteiger partial charge in [0.05, 0.1) is 5.56 Å². The van der Waals surface area contributed by atoms with Crippen LogP contribution in [0, 0.1) is 11.3 Å². The lowest BCUT2D eigenvalue weighted by Crippen LogP contribution is -2.18. The van der Waals surface area contributed by atoms with Gasteiger partial charge in [-0.05, 0) is 48.5 Å². The van der Waals surface area contributed by atoms with E-state index in [0.29, 0.717) is 22.8 Å². The Bertz CT molecular complexity index is 915. The molecule has 3 rings (SSSR count). The summed E-state index contributed by atoms with van der Waals surface area (Å²) in [6, 6.07) is 24.8. The van der Waals surface area contributed by atoms with Gasteiger partial charge in [-0.1, -0.05) is 30.3 Å². The van der Waals surface area contributed by atoms with Crippen LogP contribution in [0.4, 0.5) is 0 Å². The van der Waals surface area contributed by atoms with Gasteiger partial charge in [0.1, 0.15) is 29.1 Å². The van der Waals surface area contributed by atoms with Crippen LogP contribution in [-0.4, -0.2) is 12.6 Å². The van der Waals surface area contributed by atoms with Crippen molar-refractivity contribution >= 4 is 5.97 Å². The number of carbonyl (C=O) groups excluding carboxylic acids is 1. The van der Waals surface area contributed by atoms with Crippen LogP contribution in [0.25, 0.3) is 0 Å². The summed E-state index contributed by atoms with van der Waals surface area (Å²) in [4.78, 5) is 11.9. The van der Waals surface area contributed by atoms with Gasteiger partial charge in [-0.2, -0.15) is 5.26 Å². The smallest absolute Gasteiger partial charge is 0.349 e. The maximum absolute atomic E-state index is 11.9. The highest BCUT2D eigenvalue weighted by molar-refractivity contribution is 5.74. The monoisotopic (exact) mass is 345 g/mol. The molecule has 0 N–H and O–H groups in total. The van der Waals surface area contributed by atoms with Gasteiger partial charge in [-0.15, -0.1) is 0 Å². The van der Waals surface area contributed by atoms with Crippen LogP contribution < -0.4 is 14.2 Å². The van der Waals surface area contributed by atoms with Gasteiger partial charge in [0.25, 0.3) is 0 Å². The molecule has 0 heterocycles. The third kappa shape index (κ3) is 4.62. The lowest BCUT2D eigenvalue weighted by atomic mass is 10.2. The number of carbonyl (C=O) groups is 1. The van der Waals surface area contributed by atoms with E-state index in [0.717, 1.165) is 5.75 Å². The summed E-state index contributed by atoms with van der Waals surface area (Å²) in [5, 5.41) is 8.99. The van der Waals surface area contributed by atoms with E-state index in [1.54, 1.807) is 48.5 Å². The third-order valence-electron chi connectivity index (χ3n) is 3.39. The molecule has 0 aliphatic carbocycles. The minimum Gasteiger partial charge on any atom is -0.481 e. The van der Waals surface area contributed by atoms with E-state index in [-0.39, 0.29) is 6.61 Å². The normalized spacial score (nSPS) is 9.81. The molecule has 0 atom stereocenters. The molecule has 0 fully saturated rings. The number of rotatable bonds is 6. The van der Waals surface area contributed by atoms with Crippen LogP contribution in [-0.2, 0) is 4.79 Å². The molecular weight excluding hydrogens is 330 g/mol. The van der Waals surface area contributed by atoms with Gasteiger partial charge in [0.2, 0.25) is 0 Å². The van der Waals surface area contributed by atoms with Crippen molar-refractivity contribution in [3.8, 4) is 29.1 Å². The summed E-state index contributed by atoms with van der Waals surface area (Å²) in [5.41, 5.74) is 0.364. The van der Waals surface area contributed by atoms with Crippen molar-refractivity contribution in [2.45, 2.75) is 0 Å². The van der Waals surface area contributed by atoms with Gasteiger partial charge in [-0.3, -0.25) is 0 Å². The topological polar surface area (TPSA) is 68.5 Å². The molecule has 0 aliphatic heterocycles. The summed E-state index contributed by atoms with van der Waals surface area (Å²) in [5.74, 6) is 1.53. The van der Waals surface area contributed by atoms with Crippen LogP contribution in [0.2, 0.25) is 0 Å². The number of para-hydroxylation sites is 2. The minimum atomic E-state index is -0.561. The maximum Gasteiger partial charge on any atom is 0.349 e. The van der Waals surface area contributed by atoms with Gasteiger partial charge in [0.15, 0.2) is 6.61 Å².